The standard InChI is InChI=1S/C19H21ClN4O3S/c1-11(12(2)28(4,26)27)22-19-21-10-13-9-15(14-7-5-6-8-16(14)20)18(25)24(3)17(13)23-19/h5-12H,1-4H3,(H,21,22,23). The third-order valence-corrected chi connectivity index (χ3v) is 6.94. The molecule has 0 amide bonds. The van der Waals surface area contributed by atoms with Crippen LogP contribution in [0.25, 0.3) is 22.2 Å². The van der Waals surface area contributed by atoms with Crippen LogP contribution in [-0.2, 0) is 16.9 Å². The number of rotatable bonds is 5. The first-order chi connectivity index (χ1) is 13.1. The van der Waals surface area contributed by atoms with Gasteiger partial charge in [-0.25, -0.2) is 13.4 Å². The topological polar surface area (TPSA) is 93.9 Å². The maximum atomic E-state index is 12.9. The van der Waals surface area contributed by atoms with E-state index in [1.807, 2.05) is 6.07 Å². The molecule has 3 aromatic rings. The van der Waals surface area contributed by atoms with Gasteiger partial charge in [-0.3, -0.25) is 9.36 Å². The third-order valence-electron chi connectivity index (χ3n) is 4.85. The van der Waals surface area contributed by atoms with Gasteiger partial charge in [-0.15, -0.1) is 0 Å². The summed E-state index contributed by atoms with van der Waals surface area (Å²) >= 11 is 6.24. The van der Waals surface area contributed by atoms with Gasteiger partial charge in [0.2, 0.25) is 5.95 Å². The van der Waals surface area contributed by atoms with Crippen molar-refractivity contribution in [3.8, 4) is 11.1 Å². The number of sulfone groups is 1. The average molecular weight is 421 g/mol. The Morgan fingerprint density at radius 2 is 1.86 bits per heavy atom. The Morgan fingerprint density at radius 1 is 1.18 bits per heavy atom. The third kappa shape index (κ3) is 3.88. The molecular formula is C19H21ClN4O3S. The fraction of sp³-hybridized carbons (Fsp3) is 0.316. The van der Waals surface area contributed by atoms with Crippen molar-refractivity contribution in [2.75, 3.05) is 11.6 Å². The highest BCUT2D eigenvalue weighted by atomic mass is 35.5. The quantitative estimate of drug-likeness (QED) is 0.682. The van der Waals surface area contributed by atoms with Crippen LogP contribution in [0.2, 0.25) is 5.02 Å². The second kappa shape index (κ2) is 7.52. The summed E-state index contributed by atoms with van der Waals surface area (Å²) < 4.78 is 24.9. The molecule has 1 N–H and O–H groups in total. The van der Waals surface area contributed by atoms with E-state index >= 15 is 0 Å². The summed E-state index contributed by atoms with van der Waals surface area (Å²) in [5.74, 6) is 0.260. The van der Waals surface area contributed by atoms with Crippen LogP contribution in [0.5, 0.6) is 0 Å². The predicted octanol–water partition coefficient (Wildman–Crippen LogP) is 2.88. The zero-order chi connectivity index (χ0) is 20.6. The van der Waals surface area contributed by atoms with Crippen molar-refractivity contribution in [3.05, 3.63) is 51.9 Å². The molecule has 2 unspecified atom stereocenters. The van der Waals surface area contributed by atoms with Gasteiger partial charge in [0.05, 0.1) is 5.25 Å². The van der Waals surface area contributed by atoms with E-state index in [-0.39, 0.29) is 11.5 Å². The highest BCUT2D eigenvalue weighted by Crippen LogP contribution is 2.27. The van der Waals surface area contributed by atoms with Crippen LogP contribution >= 0.6 is 11.6 Å². The van der Waals surface area contributed by atoms with Crippen LogP contribution in [0.15, 0.2) is 41.3 Å². The van der Waals surface area contributed by atoms with E-state index in [9.17, 15) is 13.2 Å². The van der Waals surface area contributed by atoms with Crippen molar-refractivity contribution in [1.82, 2.24) is 14.5 Å². The second-order valence-corrected chi connectivity index (χ2v) is 9.65. The number of hydrogen-bond acceptors (Lipinski definition) is 6. The minimum atomic E-state index is -3.21. The molecular weight excluding hydrogens is 400 g/mol. The molecule has 2 atom stereocenters. The summed E-state index contributed by atoms with van der Waals surface area (Å²) in [7, 11) is -1.58. The van der Waals surface area contributed by atoms with Crippen molar-refractivity contribution in [3.63, 3.8) is 0 Å². The Balaban J connectivity index is 2.05. The summed E-state index contributed by atoms with van der Waals surface area (Å²) in [6.07, 6.45) is 2.79. The number of hydrogen-bond donors (Lipinski definition) is 1. The van der Waals surface area contributed by atoms with E-state index in [2.05, 4.69) is 15.3 Å². The lowest BCUT2D eigenvalue weighted by Gasteiger charge is -2.20. The first-order valence-corrected chi connectivity index (χ1v) is 11.0. The Kier molecular flexibility index (Phi) is 5.45. The maximum Gasteiger partial charge on any atom is 0.259 e. The van der Waals surface area contributed by atoms with Gasteiger partial charge in [0.25, 0.3) is 5.56 Å². The number of nitrogens with zero attached hydrogens (tertiary/aromatic N) is 3. The van der Waals surface area contributed by atoms with Gasteiger partial charge in [-0.2, -0.15) is 4.98 Å². The van der Waals surface area contributed by atoms with Gasteiger partial charge in [0, 0.05) is 47.1 Å². The lowest BCUT2D eigenvalue weighted by Crippen LogP contribution is -2.35. The van der Waals surface area contributed by atoms with Gasteiger partial charge < -0.3 is 5.32 Å². The lowest BCUT2D eigenvalue weighted by molar-refractivity contribution is 0.579. The predicted molar refractivity (Wildman–Crippen MR) is 113 cm³/mol. The van der Waals surface area contributed by atoms with Crippen LogP contribution in [0.3, 0.4) is 0 Å². The summed E-state index contributed by atoms with van der Waals surface area (Å²) in [5.41, 5.74) is 1.31. The molecule has 9 heteroatoms. The molecule has 0 bridgehead atoms. The van der Waals surface area contributed by atoms with Crippen LogP contribution in [0.4, 0.5) is 5.95 Å². The van der Waals surface area contributed by atoms with Crippen LogP contribution < -0.4 is 10.9 Å². The molecule has 2 aromatic heterocycles. The highest BCUT2D eigenvalue weighted by Gasteiger charge is 2.23. The minimum absolute atomic E-state index is 0.234. The van der Waals surface area contributed by atoms with Crippen molar-refractivity contribution < 1.29 is 8.42 Å². The monoisotopic (exact) mass is 420 g/mol. The lowest BCUT2D eigenvalue weighted by atomic mass is 10.1. The van der Waals surface area contributed by atoms with Gasteiger partial charge in [-0.05, 0) is 26.0 Å². The molecule has 148 valence electrons. The maximum absolute atomic E-state index is 12.9. The van der Waals surface area contributed by atoms with E-state index in [0.29, 0.717) is 27.2 Å². The van der Waals surface area contributed by atoms with Crippen molar-refractivity contribution in [1.29, 1.82) is 0 Å². The first-order valence-electron chi connectivity index (χ1n) is 8.66. The van der Waals surface area contributed by atoms with E-state index < -0.39 is 21.1 Å². The van der Waals surface area contributed by atoms with Crippen LogP contribution in [0.1, 0.15) is 13.8 Å². The Bertz CT molecular complexity index is 1210. The molecule has 0 aliphatic heterocycles. The molecule has 1 aromatic carbocycles. The normalized spacial score (nSPS) is 14.0. The molecule has 28 heavy (non-hydrogen) atoms. The Labute approximate surface area is 168 Å². The molecule has 7 nitrogen and oxygen atoms in total. The molecule has 0 aliphatic rings. The summed E-state index contributed by atoms with van der Waals surface area (Å²) in [5, 5.41) is 3.55. The van der Waals surface area contributed by atoms with Crippen molar-refractivity contribution >= 4 is 38.4 Å². The SMILES string of the molecule is CC(Nc1ncc2cc(-c3ccccc3Cl)c(=O)n(C)c2n1)C(C)S(C)(=O)=O. The minimum Gasteiger partial charge on any atom is -0.350 e. The van der Waals surface area contributed by atoms with E-state index in [1.54, 1.807) is 51.4 Å². The van der Waals surface area contributed by atoms with Crippen molar-refractivity contribution in [2.24, 2.45) is 7.05 Å². The average Bonchev–Trinajstić information content (AvgIpc) is 2.64. The molecule has 0 spiro atoms. The molecule has 3 rings (SSSR count). The molecule has 0 saturated carbocycles. The second-order valence-electron chi connectivity index (χ2n) is 6.84. The fourth-order valence-corrected chi connectivity index (χ4v) is 3.93. The number of aryl methyl sites for hydroxylation is 1. The molecule has 2 heterocycles. The Hall–Kier alpha value is -2.45. The number of benzene rings is 1. The summed E-state index contributed by atoms with van der Waals surface area (Å²) in [4.78, 5) is 21.5. The highest BCUT2D eigenvalue weighted by molar-refractivity contribution is 7.91. The molecule has 0 fully saturated rings. The number of halogens is 1. The van der Waals surface area contributed by atoms with Crippen LogP contribution in [-0.4, -0.2) is 40.5 Å². The summed E-state index contributed by atoms with van der Waals surface area (Å²) in [6.45, 7) is 3.37. The number of nitrogens with one attached hydrogen (secondary N) is 1. The number of pyridine rings is 1. The van der Waals surface area contributed by atoms with Crippen molar-refractivity contribution in [2.45, 2.75) is 25.1 Å². The zero-order valence-electron chi connectivity index (χ0n) is 16.0. The number of fused-ring (bicyclic) bond motifs is 1. The molecule has 0 radical (unpaired) electrons. The van der Waals surface area contributed by atoms with E-state index in [1.165, 1.54) is 10.8 Å². The zero-order valence-corrected chi connectivity index (χ0v) is 17.5. The fourth-order valence-electron chi connectivity index (χ4n) is 2.88. The van der Waals surface area contributed by atoms with Crippen LogP contribution in [0, 0.1) is 0 Å². The van der Waals surface area contributed by atoms with Gasteiger partial charge in [0.15, 0.2) is 9.84 Å². The van der Waals surface area contributed by atoms with Gasteiger partial charge in [-0.1, -0.05) is 29.8 Å². The Morgan fingerprint density at radius 3 is 2.50 bits per heavy atom. The smallest absolute Gasteiger partial charge is 0.259 e. The largest absolute Gasteiger partial charge is 0.350 e. The summed E-state index contributed by atoms with van der Waals surface area (Å²) in [6, 6.07) is 8.46. The number of aromatic nitrogens is 3. The van der Waals surface area contributed by atoms with Gasteiger partial charge >= 0.3 is 0 Å². The number of anilines is 1. The first kappa shape index (κ1) is 20.3. The van der Waals surface area contributed by atoms with E-state index in [4.69, 9.17) is 11.6 Å². The van der Waals surface area contributed by atoms with E-state index in [0.717, 1.165) is 0 Å². The molecule has 0 aliphatic carbocycles. The molecule has 0 saturated heterocycles. The van der Waals surface area contributed by atoms with Gasteiger partial charge in [0.1, 0.15) is 5.65 Å².